The summed E-state index contributed by atoms with van der Waals surface area (Å²) < 4.78 is 5.22. The Bertz CT molecular complexity index is 681. The predicted octanol–water partition coefficient (Wildman–Crippen LogP) is 1.86. The van der Waals surface area contributed by atoms with Gasteiger partial charge in [-0.1, -0.05) is 30.3 Å². The number of nitrogens with two attached hydrogens (primary N) is 1. The number of hydrogen-bond donors (Lipinski definition) is 3. The van der Waals surface area contributed by atoms with Gasteiger partial charge in [0.25, 0.3) is 0 Å². The maximum Gasteiger partial charge on any atom is 0.195 e. The van der Waals surface area contributed by atoms with Gasteiger partial charge in [0.05, 0.1) is 7.11 Å². The molecule has 4 N–H and O–H groups in total. The second-order valence-corrected chi connectivity index (χ2v) is 4.86. The Morgan fingerprint density at radius 1 is 1.14 bits per heavy atom. The number of benzene rings is 2. The smallest absolute Gasteiger partial charge is 0.195 e. The number of para-hydroxylation sites is 1. The lowest BCUT2D eigenvalue weighted by Gasteiger charge is -2.36. The average Bonchev–Trinajstić information content (AvgIpc) is 2.54. The molecule has 0 bridgehead atoms. The highest BCUT2D eigenvalue weighted by Crippen LogP contribution is 2.38. The van der Waals surface area contributed by atoms with E-state index in [-0.39, 0.29) is 0 Å². The van der Waals surface area contributed by atoms with Gasteiger partial charge < -0.3 is 15.8 Å². The summed E-state index contributed by atoms with van der Waals surface area (Å²) in [7, 11) is 3.53. The molecule has 0 saturated heterocycles. The third kappa shape index (κ3) is 2.11. The third-order valence-corrected chi connectivity index (χ3v) is 3.74. The second kappa shape index (κ2) is 5.10. The molecule has 1 atom stereocenters. The zero-order chi connectivity index (χ0) is 14.9. The van der Waals surface area contributed by atoms with E-state index in [9.17, 15) is 0 Å². The normalized spacial score (nSPS) is 20.2. The largest absolute Gasteiger partial charge is 0.497 e. The van der Waals surface area contributed by atoms with Gasteiger partial charge in [-0.15, -0.1) is 0 Å². The maximum atomic E-state index is 5.97. The van der Waals surface area contributed by atoms with Crippen LogP contribution in [0.1, 0.15) is 11.1 Å². The Kier molecular flexibility index (Phi) is 3.27. The van der Waals surface area contributed by atoms with Crippen molar-refractivity contribution in [2.75, 3.05) is 19.5 Å². The first-order valence-electron chi connectivity index (χ1n) is 6.75. The first kappa shape index (κ1) is 13.5. The lowest BCUT2D eigenvalue weighted by molar-refractivity contribution is 0.412. The van der Waals surface area contributed by atoms with E-state index in [4.69, 9.17) is 10.5 Å². The SMILES string of the molecule is CNC1(c2ccc(OC)cc2)N=C(N)Nc2ccccc21. The van der Waals surface area contributed by atoms with Gasteiger partial charge in [-0.25, -0.2) is 4.99 Å². The van der Waals surface area contributed by atoms with Crippen LogP contribution in [0.5, 0.6) is 5.75 Å². The van der Waals surface area contributed by atoms with Crippen LogP contribution in [0.4, 0.5) is 5.69 Å². The number of fused-ring (bicyclic) bond motifs is 1. The van der Waals surface area contributed by atoms with E-state index in [2.05, 4.69) is 15.6 Å². The lowest BCUT2D eigenvalue weighted by Crippen LogP contribution is -2.46. The summed E-state index contributed by atoms with van der Waals surface area (Å²) in [4.78, 5) is 4.63. The van der Waals surface area contributed by atoms with Gasteiger partial charge >= 0.3 is 0 Å². The Balaban J connectivity index is 2.19. The minimum absolute atomic E-state index is 0.388. The number of rotatable bonds is 3. The van der Waals surface area contributed by atoms with Crippen molar-refractivity contribution in [3.63, 3.8) is 0 Å². The van der Waals surface area contributed by atoms with Crippen molar-refractivity contribution >= 4 is 11.6 Å². The van der Waals surface area contributed by atoms with Gasteiger partial charge in [0.15, 0.2) is 11.6 Å². The fraction of sp³-hybridized carbons (Fsp3) is 0.188. The highest BCUT2D eigenvalue weighted by atomic mass is 16.5. The van der Waals surface area contributed by atoms with E-state index in [1.54, 1.807) is 7.11 Å². The summed E-state index contributed by atoms with van der Waals surface area (Å²) in [5.41, 5.74) is 8.26. The highest BCUT2D eigenvalue weighted by Gasteiger charge is 2.37. The predicted molar refractivity (Wildman–Crippen MR) is 84.5 cm³/mol. The molecule has 1 unspecified atom stereocenters. The standard InChI is InChI=1S/C16H18N4O/c1-18-16(11-7-9-12(21-2)10-8-11)13-5-3-4-6-14(13)19-15(17)20-16/h3-10,18H,1-2H3,(H3,17,19,20). The quantitative estimate of drug-likeness (QED) is 0.803. The van der Waals surface area contributed by atoms with Crippen LogP contribution in [0.2, 0.25) is 0 Å². The zero-order valence-electron chi connectivity index (χ0n) is 12.1. The van der Waals surface area contributed by atoms with E-state index < -0.39 is 5.66 Å². The summed E-state index contributed by atoms with van der Waals surface area (Å²) in [6.45, 7) is 0. The lowest BCUT2D eigenvalue weighted by atomic mass is 9.89. The van der Waals surface area contributed by atoms with Crippen molar-refractivity contribution in [1.82, 2.24) is 5.32 Å². The number of nitrogens with zero attached hydrogens (tertiary/aromatic N) is 1. The molecule has 3 rings (SSSR count). The topological polar surface area (TPSA) is 71.7 Å². The molecule has 0 amide bonds. The van der Waals surface area contributed by atoms with E-state index in [1.165, 1.54) is 0 Å². The van der Waals surface area contributed by atoms with Crippen LogP contribution in [0.15, 0.2) is 53.5 Å². The van der Waals surface area contributed by atoms with E-state index >= 15 is 0 Å². The first-order valence-corrected chi connectivity index (χ1v) is 6.75. The fourth-order valence-electron chi connectivity index (χ4n) is 2.70. The Morgan fingerprint density at radius 2 is 1.86 bits per heavy atom. The van der Waals surface area contributed by atoms with Crippen LogP contribution < -0.4 is 21.1 Å². The molecule has 108 valence electrons. The molecule has 2 aromatic carbocycles. The van der Waals surface area contributed by atoms with Gasteiger partial charge in [-0.2, -0.15) is 0 Å². The first-order chi connectivity index (χ1) is 10.2. The number of hydrogen-bond acceptors (Lipinski definition) is 5. The molecule has 2 aromatic rings. The number of nitrogens with one attached hydrogen (secondary N) is 2. The van der Waals surface area contributed by atoms with Gasteiger partial charge in [0.2, 0.25) is 0 Å². The molecule has 21 heavy (non-hydrogen) atoms. The van der Waals surface area contributed by atoms with Crippen molar-refractivity contribution in [3.8, 4) is 5.75 Å². The van der Waals surface area contributed by atoms with Crippen molar-refractivity contribution in [3.05, 3.63) is 59.7 Å². The monoisotopic (exact) mass is 282 g/mol. The van der Waals surface area contributed by atoms with Gasteiger partial charge in [-0.05, 0) is 30.8 Å². The number of ether oxygens (including phenoxy) is 1. The minimum Gasteiger partial charge on any atom is -0.497 e. The Morgan fingerprint density at radius 3 is 2.52 bits per heavy atom. The third-order valence-electron chi connectivity index (χ3n) is 3.74. The summed E-state index contributed by atoms with van der Waals surface area (Å²) in [6, 6.07) is 15.8. The summed E-state index contributed by atoms with van der Waals surface area (Å²) in [5, 5.41) is 6.41. The molecule has 0 saturated carbocycles. The number of methoxy groups -OCH3 is 1. The van der Waals surface area contributed by atoms with Crippen LogP contribution in [0.3, 0.4) is 0 Å². The molecular formula is C16H18N4O. The van der Waals surface area contributed by atoms with Gasteiger partial charge in [0, 0.05) is 11.3 Å². The Labute approximate surface area is 123 Å². The number of guanidine groups is 1. The van der Waals surface area contributed by atoms with Crippen molar-refractivity contribution in [2.45, 2.75) is 5.66 Å². The molecule has 0 spiro atoms. The van der Waals surface area contributed by atoms with Crippen molar-refractivity contribution in [1.29, 1.82) is 0 Å². The van der Waals surface area contributed by atoms with Crippen LogP contribution in [0, 0.1) is 0 Å². The molecule has 0 aliphatic carbocycles. The molecule has 1 heterocycles. The van der Waals surface area contributed by atoms with Crippen molar-refractivity contribution < 1.29 is 4.74 Å². The van der Waals surface area contributed by atoms with E-state index in [0.29, 0.717) is 5.96 Å². The van der Waals surface area contributed by atoms with Gasteiger partial charge in [0.1, 0.15) is 5.75 Å². The van der Waals surface area contributed by atoms with Crippen LogP contribution in [-0.2, 0) is 5.66 Å². The van der Waals surface area contributed by atoms with Crippen LogP contribution in [-0.4, -0.2) is 20.1 Å². The second-order valence-electron chi connectivity index (χ2n) is 4.86. The van der Waals surface area contributed by atoms with Crippen LogP contribution in [0.25, 0.3) is 0 Å². The molecule has 1 aliphatic heterocycles. The number of anilines is 1. The molecule has 5 heteroatoms. The highest BCUT2D eigenvalue weighted by molar-refractivity contribution is 5.96. The maximum absolute atomic E-state index is 5.97. The van der Waals surface area contributed by atoms with Crippen molar-refractivity contribution in [2.24, 2.45) is 10.7 Å². The Hall–Kier alpha value is -2.53. The van der Waals surface area contributed by atoms with Crippen LogP contribution >= 0.6 is 0 Å². The fourth-order valence-corrected chi connectivity index (χ4v) is 2.70. The molecular weight excluding hydrogens is 264 g/mol. The molecule has 5 nitrogen and oxygen atoms in total. The summed E-state index contributed by atoms with van der Waals surface area (Å²) in [6.07, 6.45) is 0. The molecule has 0 fully saturated rings. The minimum atomic E-state index is -0.696. The molecule has 1 aliphatic rings. The van der Waals surface area contributed by atoms with E-state index in [1.807, 2.05) is 55.6 Å². The summed E-state index contributed by atoms with van der Waals surface area (Å²) >= 11 is 0. The number of aliphatic imine (C=N–C) groups is 1. The zero-order valence-corrected chi connectivity index (χ0v) is 12.1. The molecule has 0 radical (unpaired) electrons. The van der Waals surface area contributed by atoms with Gasteiger partial charge in [-0.3, -0.25) is 5.32 Å². The summed E-state index contributed by atoms with van der Waals surface area (Å²) in [5.74, 6) is 1.20. The molecule has 0 aromatic heterocycles. The van der Waals surface area contributed by atoms with E-state index in [0.717, 1.165) is 22.6 Å². The average molecular weight is 282 g/mol.